The summed E-state index contributed by atoms with van der Waals surface area (Å²) in [6.45, 7) is 4.46. The molecule has 6 rings (SSSR count). The molecule has 1 saturated carbocycles. The Morgan fingerprint density at radius 1 is 1.09 bits per heavy atom. The quantitative estimate of drug-likeness (QED) is 0.247. The van der Waals surface area contributed by atoms with Gasteiger partial charge in [0.2, 0.25) is 5.91 Å². The number of piperidine rings is 2. The minimum atomic E-state index is -2.86. The van der Waals surface area contributed by atoms with Crippen molar-refractivity contribution in [2.45, 2.75) is 69.2 Å². The van der Waals surface area contributed by atoms with Crippen molar-refractivity contribution in [3.8, 4) is 0 Å². The number of benzene rings is 1. The van der Waals surface area contributed by atoms with Gasteiger partial charge in [0.15, 0.2) is 0 Å². The van der Waals surface area contributed by atoms with Gasteiger partial charge in [0.25, 0.3) is 6.43 Å². The summed E-state index contributed by atoms with van der Waals surface area (Å²) in [5.41, 5.74) is 2.70. The maximum Gasteiger partial charge on any atom is 0.341 e. The molecule has 3 fully saturated rings. The van der Waals surface area contributed by atoms with Crippen LogP contribution in [-0.4, -0.2) is 69.1 Å². The largest absolute Gasteiger partial charge is 0.462 e. The Hall–Kier alpha value is -3.20. The van der Waals surface area contributed by atoms with Crippen molar-refractivity contribution in [3.05, 3.63) is 71.2 Å². The van der Waals surface area contributed by atoms with Crippen molar-refractivity contribution in [2.75, 3.05) is 32.8 Å². The van der Waals surface area contributed by atoms with E-state index in [4.69, 9.17) is 16.3 Å². The highest BCUT2D eigenvalue weighted by atomic mass is 35.5. The number of aromatic nitrogens is 2. The molecule has 1 aromatic carbocycles. The van der Waals surface area contributed by atoms with Crippen LogP contribution in [0, 0.1) is 11.8 Å². The van der Waals surface area contributed by atoms with Crippen LogP contribution in [0.3, 0.4) is 0 Å². The third-order valence-electron chi connectivity index (χ3n) is 9.43. The molecule has 0 radical (unpaired) electrons. The molecule has 2 saturated heterocycles. The van der Waals surface area contributed by atoms with Crippen LogP contribution in [-0.2, 0) is 9.53 Å². The summed E-state index contributed by atoms with van der Waals surface area (Å²) in [4.78, 5) is 28.8. The standard InChI is InChI=1S/C33H39ClF2N4O3/c1-2-43-32(42)27-20-37-40(29(27)30(35)36)25-9-6-16-39(21-25)28-19-33(34,15-12-26(28)22-7-4-3-5-8-22)24-13-17-38(18-14-24)31(41)23-10-11-23/h3-5,7-8,12,15,20,23-25,30H,2,6,9-11,13-14,16-19,21H2,1H3. The first kappa shape index (κ1) is 29.9. The van der Waals surface area contributed by atoms with Gasteiger partial charge in [0.05, 0.1) is 23.7 Å². The van der Waals surface area contributed by atoms with Crippen LogP contribution in [0.4, 0.5) is 8.78 Å². The van der Waals surface area contributed by atoms with E-state index >= 15 is 0 Å². The molecule has 7 nitrogen and oxygen atoms in total. The number of hydrogen-bond donors (Lipinski definition) is 0. The molecule has 0 N–H and O–H groups in total. The van der Waals surface area contributed by atoms with E-state index in [0.717, 1.165) is 68.6 Å². The fourth-order valence-electron chi connectivity index (χ4n) is 6.99. The molecule has 43 heavy (non-hydrogen) atoms. The van der Waals surface area contributed by atoms with Gasteiger partial charge in [-0.3, -0.25) is 9.48 Å². The molecular weight excluding hydrogens is 574 g/mol. The number of halogens is 3. The van der Waals surface area contributed by atoms with E-state index in [2.05, 4.69) is 34.3 Å². The van der Waals surface area contributed by atoms with Gasteiger partial charge < -0.3 is 14.5 Å². The van der Waals surface area contributed by atoms with E-state index in [1.807, 2.05) is 23.1 Å². The van der Waals surface area contributed by atoms with Crippen LogP contribution in [0.1, 0.15) is 86.0 Å². The van der Waals surface area contributed by atoms with Crippen molar-refractivity contribution >= 4 is 29.1 Å². The molecular formula is C33H39ClF2N4O3. The highest BCUT2D eigenvalue weighted by molar-refractivity contribution is 6.26. The molecule has 0 bridgehead atoms. The van der Waals surface area contributed by atoms with E-state index in [9.17, 15) is 18.4 Å². The van der Waals surface area contributed by atoms with Crippen LogP contribution in [0.25, 0.3) is 5.57 Å². The number of likely N-dealkylation sites (tertiary alicyclic amines) is 2. The fourth-order valence-corrected chi connectivity index (χ4v) is 7.39. The molecule has 4 aliphatic rings. The summed E-state index contributed by atoms with van der Waals surface area (Å²) in [7, 11) is 0. The zero-order valence-corrected chi connectivity index (χ0v) is 25.3. The van der Waals surface area contributed by atoms with Gasteiger partial charge in [-0.25, -0.2) is 13.6 Å². The zero-order valence-electron chi connectivity index (χ0n) is 24.6. The molecule has 2 unspecified atom stereocenters. The summed E-state index contributed by atoms with van der Waals surface area (Å²) >= 11 is 7.49. The lowest BCUT2D eigenvalue weighted by molar-refractivity contribution is -0.134. The third-order valence-corrected chi connectivity index (χ3v) is 10.0. The number of carbonyl (C=O) groups is 2. The number of rotatable bonds is 8. The van der Waals surface area contributed by atoms with E-state index < -0.39 is 17.3 Å². The summed E-state index contributed by atoms with van der Waals surface area (Å²) < 4.78 is 35.0. The number of esters is 1. The maximum atomic E-state index is 14.3. The average Bonchev–Trinajstić information content (AvgIpc) is 3.78. The minimum Gasteiger partial charge on any atom is -0.462 e. The normalized spacial score (nSPS) is 25.0. The number of carbonyl (C=O) groups excluding carboxylic acids is 2. The molecule has 2 aromatic rings. The Morgan fingerprint density at radius 2 is 1.84 bits per heavy atom. The Kier molecular flexibility index (Phi) is 8.63. The van der Waals surface area contributed by atoms with E-state index in [1.165, 1.54) is 10.9 Å². The van der Waals surface area contributed by atoms with Gasteiger partial charge >= 0.3 is 5.97 Å². The molecule has 2 aliphatic heterocycles. The van der Waals surface area contributed by atoms with Crippen LogP contribution < -0.4 is 0 Å². The Labute approximate surface area is 256 Å². The lowest BCUT2D eigenvalue weighted by Gasteiger charge is -2.45. The van der Waals surface area contributed by atoms with Crippen molar-refractivity contribution < 1.29 is 23.1 Å². The minimum absolute atomic E-state index is 0.101. The lowest BCUT2D eigenvalue weighted by atomic mass is 9.76. The zero-order chi connectivity index (χ0) is 30.1. The predicted octanol–water partition coefficient (Wildman–Crippen LogP) is 6.63. The number of ether oxygens (including phenoxy) is 1. The second kappa shape index (κ2) is 12.4. The maximum absolute atomic E-state index is 14.3. The molecule has 10 heteroatoms. The van der Waals surface area contributed by atoms with E-state index in [0.29, 0.717) is 25.3 Å². The van der Waals surface area contributed by atoms with Crippen LogP contribution in [0.2, 0.25) is 0 Å². The molecule has 2 atom stereocenters. The Bertz CT molecular complexity index is 1400. The number of amides is 1. The molecule has 3 heterocycles. The van der Waals surface area contributed by atoms with Crippen LogP contribution in [0.5, 0.6) is 0 Å². The molecule has 0 spiro atoms. The smallest absolute Gasteiger partial charge is 0.341 e. The first-order valence-corrected chi connectivity index (χ1v) is 15.9. The van der Waals surface area contributed by atoms with Crippen molar-refractivity contribution in [2.24, 2.45) is 11.8 Å². The van der Waals surface area contributed by atoms with Gasteiger partial charge in [0.1, 0.15) is 11.3 Å². The molecule has 230 valence electrons. The van der Waals surface area contributed by atoms with E-state index in [1.54, 1.807) is 6.92 Å². The SMILES string of the molecule is CCOC(=O)c1cnn(C2CCCN(C3=C(c4ccccc4)C=CC(Cl)(C4CCN(C(=O)C5CC5)CC4)C3)C2)c1C(F)F. The fraction of sp³-hybridized carbons (Fsp3) is 0.545. The van der Waals surface area contributed by atoms with Gasteiger partial charge in [-0.2, -0.15) is 5.10 Å². The average molecular weight is 613 g/mol. The third kappa shape index (κ3) is 6.10. The Balaban J connectivity index is 1.26. The summed E-state index contributed by atoms with van der Waals surface area (Å²) in [5.74, 6) is -0.0504. The second-order valence-electron chi connectivity index (χ2n) is 12.2. The molecule has 1 amide bonds. The van der Waals surface area contributed by atoms with Gasteiger partial charge in [-0.05, 0) is 56.9 Å². The van der Waals surface area contributed by atoms with Crippen molar-refractivity contribution in [3.63, 3.8) is 0 Å². The summed E-state index contributed by atoms with van der Waals surface area (Å²) in [5, 5.41) is 4.28. The number of alkyl halides is 3. The summed E-state index contributed by atoms with van der Waals surface area (Å²) in [6.07, 6.45) is 8.40. The highest BCUT2D eigenvalue weighted by Crippen LogP contribution is 2.47. The number of allylic oxidation sites excluding steroid dienone is 4. The predicted molar refractivity (Wildman–Crippen MR) is 161 cm³/mol. The van der Waals surface area contributed by atoms with Gasteiger partial charge in [0, 0.05) is 49.8 Å². The Morgan fingerprint density at radius 3 is 2.51 bits per heavy atom. The number of nitrogens with zero attached hydrogens (tertiary/aromatic N) is 4. The monoisotopic (exact) mass is 612 g/mol. The lowest BCUT2D eigenvalue weighted by Crippen LogP contribution is -2.46. The van der Waals surface area contributed by atoms with Crippen molar-refractivity contribution in [1.29, 1.82) is 0 Å². The second-order valence-corrected chi connectivity index (χ2v) is 12.9. The molecule has 1 aromatic heterocycles. The number of hydrogen-bond acceptors (Lipinski definition) is 5. The highest BCUT2D eigenvalue weighted by Gasteiger charge is 2.43. The van der Waals surface area contributed by atoms with E-state index in [-0.39, 0.29) is 35.7 Å². The van der Waals surface area contributed by atoms with Crippen LogP contribution >= 0.6 is 11.6 Å². The van der Waals surface area contributed by atoms with Crippen LogP contribution in [0.15, 0.2) is 54.4 Å². The first-order valence-electron chi connectivity index (χ1n) is 15.5. The van der Waals surface area contributed by atoms with Gasteiger partial charge in [-0.1, -0.05) is 42.5 Å². The molecule has 2 aliphatic carbocycles. The van der Waals surface area contributed by atoms with Crippen molar-refractivity contribution in [1.82, 2.24) is 19.6 Å². The first-order chi connectivity index (χ1) is 20.8. The van der Waals surface area contributed by atoms with Gasteiger partial charge in [-0.15, -0.1) is 11.6 Å². The summed E-state index contributed by atoms with van der Waals surface area (Å²) in [6, 6.07) is 9.84. The topological polar surface area (TPSA) is 67.7 Å².